The summed E-state index contributed by atoms with van der Waals surface area (Å²) in [7, 11) is 0. The average Bonchev–Trinajstić information content (AvgIpc) is 2.71. The zero-order valence-corrected chi connectivity index (χ0v) is 16.5. The van der Waals surface area contributed by atoms with Crippen LogP contribution in [-0.4, -0.2) is 18.0 Å². The van der Waals surface area contributed by atoms with E-state index in [-0.39, 0.29) is 5.91 Å². The monoisotopic (exact) mass is 388 g/mol. The molecule has 0 spiro atoms. The van der Waals surface area contributed by atoms with Crippen LogP contribution in [0.3, 0.4) is 0 Å². The lowest BCUT2D eigenvalue weighted by molar-refractivity contribution is -0.118. The predicted octanol–water partition coefficient (Wildman–Crippen LogP) is 4.64. The topological polar surface area (TPSA) is 67.4 Å². The number of benzene rings is 3. The first-order valence-corrected chi connectivity index (χ1v) is 9.47. The first-order valence-electron chi connectivity index (χ1n) is 9.47. The van der Waals surface area contributed by atoms with Crippen LogP contribution in [-0.2, 0) is 11.2 Å². The standard InChI is InChI=1S/C24H24N2O3/c1-17-13-14-21(18(2)15-17)25-23(27)22(16-19-9-5-3-6-10-19)26-24(28)29-20-11-7-4-8-12-20/h3-15,22H,16H2,1-2H3,(H,25,27)(H,26,28). The SMILES string of the molecule is Cc1ccc(NC(=O)C(Cc2ccccc2)NC(=O)Oc2ccccc2)c(C)c1. The summed E-state index contributed by atoms with van der Waals surface area (Å²) >= 11 is 0. The lowest BCUT2D eigenvalue weighted by Gasteiger charge is -2.19. The second kappa shape index (κ2) is 9.55. The fourth-order valence-electron chi connectivity index (χ4n) is 3.00. The molecule has 0 saturated carbocycles. The zero-order valence-electron chi connectivity index (χ0n) is 16.5. The van der Waals surface area contributed by atoms with Gasteiger partial charge in [-0.1, -0.05) is 66.2 Å². The molecule has 29 heavy (non-hydrogen) atoms. The number of nitrogens with one attached hydrogen (secondary N) is 2. The number of hydrogen-bond donors (Lipinski definition) is 2. The van der Waals surface area contributed by atoms with E-state index >= 15 is 0 Å². The summed E-state index contributed by atoms with van der Waals surface area (Å²) in [5, 5.41) is 5.61. The van der Waals surface area contributed by atoms with Crippen molar-refractivity contribution in [2.24, 2.45) is 0 Å². The minimum Gasteiger partial charge on any atom is -0.410 e. The Morgan fingerprint density at radius 2 is 1.55 bits per heavy atom. The van der Waals surface area contributed by atoms with Crippen molar-refractivity contribution in [2.75, 3.05) is 5.32 Å². The summed E-state index contributed by atoms with van der Waals surface area (Å²) in [6.07, 6.45) is -0.325. The van der Waals surface area contributed by atoms with Crippen molar-refractivity contribution in [3.63, 3.8) is 0 Å². The molecule has 5 nitrogen and oxygen atoms in total. The maximum Gasteiger partial charge on any atom is 0.413 e. The lowest BCUT2D eigenvalue weighted by Crippen LogP contribution is -2.46. The molecule has 2 N–H and O–H groups in total. The van der Waals surface area contributed by atoms with Gasteiger partial charge in [0, 0.05) is 12.1 Å². The van der Waals surface area contributed by atoms with Crippen molar-refractivity contribution >= 4 is 17.7 Å². The van der Waals surface area contributed by atoms with Gasteiger partial charge in [0.25, 0.3) is 0 Å². The zero-order chi connectivity index (χ0) is 20.6. The van der Waals surface area contributed by atoms with Crippen LogP contribution in [0.2, 0.25) is 0 Å². The van der Waals surface area contributed by atoms with Crippen molar-refractivity contribution in [3.8, 4) is 5.75 Å². The van der Waals surface area contributed by atoms with Gasteiger partial charge >= 0.3 is 6.09 Å². The number of hydrogen-bond acceptors (Lipinski definition) is 3. The summed E-state index contributed by atoms with van der Waals surface area (Å²) in [4.78, 5) is 25.3. The van der Waals surface area contributed by atoms with Crippen LogP contribution < -0.4 is 15.4 Å². The quantitative estimate of drug-likeness (QED) is 0.646. The fraction of sp³-hybridized carbons (Fsp3) is 0.167. The smallest absolute Gasteiger partial charge is 0.410 e. The van der Waals surface area contributed by atoms with Crippen molar-refractivity contribution in [1.82, 2.24) is 5.32 Å². The summed E-state index contributed by atoms with van der Waals surface area (Å²) < 4.78 is 5.29. The van der Waals surface area contributed by atoms with Gasteiger partial charge in [-0.25, -0.2) is 4.79 Å². The number of ether oxygens (including phenoxy) is 1. The number of para-hydroxylation sites is 1. The molecule has 148 valence electrons. The number of aryl methyl sites for hydroxylation is 2. The molecule has 0 aromatic heterocycles. The van der Waals surface area contributed by atoms with E-state index in [0.717, 1.165) is 22.4 Å². The molecular weight excluding hydrogens is 364 g/mol. The van der Waals surface area contributed by atoms with E-state index < -0.39 is 12.1 Å². The highest BCUT2D eigenvalue weighted by Crippen LogP contribution is 2.17. The minimum atomic E-state index is -0.783. The average molecular weight is 388 g/mol. The molecule has 2 amide bonds. The Labute approximate surface area is 170 Å². The second-order valence-electron chi connectivity index (χ2n) is 6.90. The third-order valence-electron chi connectivity index (χ3n) is 4.48. The fourth-order valence-corrected chi connectivity index (χ4v) is 3.00. The van der Waals surface area contributed by atoms with E-state index in [9.17, 15) is 9.59 Å². The molecule has 3 aromatic carbocycles. The van der Waals surface area contributed by atoms with Crippen LogP contribution in [0.25, 0.3) is 0 Å². The number of amides is 2. The third-order valence-corrected chi connectivity index (χ3v) is 4.48. The molecule has 3 aromatic rings. The Kier molecular flexibility index (Phi) is 6.63. The summed E-state index contributed by atoms with van der Waals surface area (Å²) in [6, 6.07) is 23.3. The molecule has 0 radical (unpaired) electrons. The van der Waals surface area contributed by atoms with Gasteiger partial charge in [0.05, 0.1) is 0 Å². The van der Waals surface area contributed by atoms with Crippen molar-refractivity contribution in [2.45, 2.75) is 26.3 Å². The van der Waals surface area contributed by atoms with E-state index in [1.54, 1.807) is 24.3 Å². The Morgan fingerprint density at radius 1 is 0.897 bits per heavy atom. The highest BCUT2D eigenvalue weighted by atomic mass is 16.6. The predicted molar refractivity (Wildman–Crippen MR) is 114 cm³/mol. The second-order valence-corrected chi connectivity index (χ2v) is 6.90. The van der Waals surface area contributed by atoms with Crippen LogP contribution in [0, 0.1) is 13.8 Å². The maximum atomic E-state index is 13.0. The van der Waals surface area contributed by atoms with Gasteiger partial charge in [-0.3, -0.25) is 4.79 Å². The van der Waals surface area contributed by atoms with E-state index in [4.69, 9.17) is 4.74 Å². The van der Waals surface area contributed by atoms with Gasteiger partial charge in [0.15, 0.2) is 0 Å². The molecule has 1 unspecified atom stereocenters. The third kappa shape index (κ3) is 5.94. The van der Waals surface area contributed by atoms with Gasteiger partial charge in [0.2, 0.25) is 5.91 Å². The largest absolute Gasteiger partial charge is 0.413 e. The summed E-state index contributed by atoms with van der Waals surface area (Å²) in [5.41, 5.74) is 3.74. The number of carbonyl (C=O) groups is 2. The van der Waals surface area contributed by atoms with Crippen LogP contribution in [0.5, 0.6) is 5.75 Å². The Balaban J connectivity index is 1.74. The molecule has 1 atom stereocenters. The highest BCUT2D eigenvalue weighted by Gasteiger charge is 2.23. The minimum absolute atomic E-state index is 0.300. The molecule has 3 rings (SSSR count). The molecule has 0 fully saturated rings. The first kappa shape index (κ1) is 20.1. The van der Waals surface area contributed by atoms with E-state index in [1.165, 1.54) is 0 Å². The molecule has 0 bridgehead atoms. The molecule has 0 aliphatic heterocycles. The van der Waals surface area contributed by atoms with E-state index in [1.807, 2.05) is 68.4 Å². The van der Waals surface area contributed by atoms with Gasteiger partial charge < -0.3 is 15.4 Å². The van der Waals surface area contributed by atoms with Gasteiger partial charge in [-0.2, -0.15) is 0 Å². The van der Waals surface area contributed by atoms with E-state index in [2.05, 4.69) is 10.6 Å². The van der Waals surface area contributed by atoms with Crippen molar-refractivity contribution < 1.29 is 14.3 Å². The normalized spacial score (nSPS) is 11.4. The number of anilines is 1. The molecule has 5 heteroatoms. The Bertz CT molecular complexity index is 972. The van der Waals surface area contributed by atoms with Gasteiger partial charge in [-0.15, -0.1) is 0 Å². The van der Waals surface area contributed by atoms with Gasteiger partial charge in [-0.05, 0) is 43.2 Å². The Hall–Kier alpha value is -3.60. The molecule has 0 aliphatic rings. The summed E-state index contributed by atoms with van der Waals surface area (Å²) in [5.74, 6) is 0.115. The van der Waals surface area contributed by atoms with Crippen molar-refractivity contribution in [3.05, 3.63) is 95.6 Å². The van der Waals surface area contributed by atoms with Crippen LogP contribution >= 0.6 is 0 Å². The highest BCUT2D eigenvalue weighted by molar-refractivity contribution is 5.97. The molecular formula is C24H24N2O3. The van der Waals surface area contributed by atoms with Crippen molar-refractivity contribution in [1.29, 1.82) is 0 Å². The number of rotatable bonds is 6. The molecule has 0 aliphatic carbocycles. The maximum absolute atomic E-state index is 13.0. The number of carbonyl (C=O) groups excluding carboxylic acids is 2. The molecule has 0 saturated heterocycles. The van der Waals surface area contributed by atoms with Crippen LogP contribution in [0.15, 0.2) is 78.9 Å². The van der Waals surface area contributed by atoms with Gasteiger partial charge in [0.1, 0.15) is 11.8 Å². The van der Waals surface area contributed by atoms with Crippen LogP contribution in [0.4, 0.5) is 10.5 Å². The van der Waals surface area contributed by atoms with Crippen LogP contribution in [0.1, 0.15) is 16.7 Å². The van der Waals surface area contributed by atoms with E-state index in [0.29, 0.717) is 12.2 Å². The lowest BCUT2D eigenvalue weighted by atomic mass is 10.0. The Morgan fingerprint density at radius 3 is 2.21 bits per heavy atom. The molecule has 0 heterocycles. The summed E-state index contributed by atoms with van der Waals surface area (Å²) in [6.45, 7) is 3.93. The first-order chi connectivity index (χ1) is 14.0.